The quantitative estimate of drug-likeness (QED) is 0.787. The van der Waals surface area contributed by atoms with Crippen LogP contribution in [0.3, 0.4) is 0 Å². The zero-order valence-corrected chi connectivity index (χ0v) is 14.4. The Balaban J connectivity index is 2.69. The Hall–Kier alpha value is -1.30. The van der Waals surface area contributed by atoms with Gasteiger partial charge in [0.15, 0.2) is 0 Å². The summed E-state index contributed by atoms with van der Waals surface area (Å²) in [5, 5.41) is 12.2. The highest BCUT2D eigenvalue weighted by molar-refractivity contribution is 5.73. The van der Waals surface area contributed by atoms with Gasteiger partial charge in [-0.25, -0.2) is 4.79 Å². The minimum atomic E-state index is -0.780. The molecule has 0 unspecified atom stereocenters. The monoisotopic (exact) mass is 314 g/mol. The molecule has 0 aromatic carbocycles. The first-order valence-electron chi connectivity index (χ1n) is 8.10. The summed E-state index contributed by atoms with van der Waals surface area (Å²) in [7, 11) is 0. The van der Waals surface area contributed by atoms with Gasteiger partial charge in [-0.15, -0.1) is 0 Å². The molecule has 1 heterocycles. The van der Waals surface area contributed by atoms with Crippen LogP contribution in [0, 0.1) is 5.92 Å². The van der Waals surface area contributed by atoms with Gasteiger partial charge in [0.1, 0.15) is 11.6 Å². The third kappa shape index (κ3) is 5.83. The summed E-state index contributed by atoms with van der Waals surface area (Å²) in [6, 6.07) is -0.549. The van der Waals surface area contributed by atoms with Crippen molar-refractivity contribution in [1.82, 2.24) is 10.2 Å². The first-order valence-corrected chi connectivity index (χ1v) is 8.10. The lowest BCUT2D eigenvalue weighted by atomic mass is 9.98. The van der Waals surface area contributed by atoms with Gasteiger partial charge in [-0.3, -0.25) is 9.69 Å². The molecule has 6 nitrogen and oxygen atoms in total. The molecule has 1 fully saturated rings. The Labute approximate surface area is 133 Å². The molecule has 1 saturated heterocycles. The van der Waals surface area contributed by atoms with E-state index < -0.39 is 23.7 Å². The number of hydrogen-bond donors (Lipinski definition) is 2. The number of carbonyl (C=O) groups is 2. The van der Waals surface area contributed by atoms with E-state index in [0.717, 1.165) is 19.4 Å². The number of rotatable bonds is 6. The van der Waals surface area contributed by atoms with Crippen LogP contribution in [0.4, 0.5) is 4.79 Å². The van der Waals surface area contributed by atoms with Gasteiger partial charge in [0, 0.05) is 12.6 Å². The van der Waals surface area contributed by atoms with Crippen molar-refractivity contribution in [2.75, 3.05) is 13.1 Å². The van der Waals surface area contributed by atoms with Crippen molar-refractivity contribution in [1.29, 1.82) is 0 Å². The second-order valence-electron chi connectivity index (χ2n) is 7.13. The van der Waals surface area contributed by atoms with E-state index in [1.807, 2.05) is 25.7 Å². The van der Waals surface area contributed by atoms with Crippen LogP contribution in [0.5, 0.6) is 0 Å². The fourth-order valence-corrected chi connectivity index (χ4v) is 2.69. The third-order valence-corrected chi connectivity index (χ3v) is 4.11. The average Bonchev–Trinajstić information content (AvgIpc) is 2.83. The molecule has 3 atom stereocenters. The number of carboxylic acid groups (broad SMARTS) is 1. The van der Waals surface area contributed by atoms with Gasteiger partial charge in [-0.1, -0.05) is 20.3 Å². The molecule has 0 aliphatic carbocycles. The highest BCUT2D eigenvalue weighted by Crippen LogP contribution is 2.20. The van der Waals surface area contributed by atoms with Gasteiger partial charge in [-0.2, -0.15) is 0 Å². The van der Waals surface area contributed by atoms with Gasteiger partial charge in [-0.05, 0) is 46.1 Å². The molecular weight excluding hydrogens is 284 g/mol. The van der Waals surface area contributed by atoms with E-state index in [0.29, 0.717) is 13.0 Å². The van der Waals surface area contributed by atoms with E-state index in [-0.39, 0.29) is 12.0 Å². The topological polar surface area (TPSA) is 78.9 Å². The number of carbonyl (C=O) groups excluding carboxylic acids is 1. The van der Waals surface area contributed by atoms with Crippen LogP contribution in [0.2, 0.25) is 0 Å². The molecule has 1 aliphatic rings. The Morgan fingerprint density at radius 3 is 2.55 bits per heavy atom. The smallest absolute Gasteiger partial charge is 0.407 e. The molecule has 0 aromatic rings. The lowest BCUT2D eigenvalue weighted by molar-refractivity contribution is -0.142. The minimum Gasteiger partial charge on any atom is -0.480 e. The summed E-state index contributed by atoms with van der Waals surface area (Å²) in [5.41, 5.74) is -0.540. The van der Waals surface area contributed by atoms with E-state index in [4.69, 9.17) is 4.74 Å². The molecule has 128 valence electrons. The molecule has 1 aliphatic heterocycles. The lowest BCUT2D eigenvalue weighted by Gasteiger charge is -2.31. The zero-order chi connectivity index (χ0) is 16.9. The van der Waals surface area contributed by atoms with E-state index in [9.17, 15) is 14.7 Å². The van der Waals surface area contributed by atoms with Crippen LogP contribution >= 0.6 is 0 Å². The Kier molecular flexibility index (Phi) is 6.66. The van der Waals surface area contributed by atoms with Crippen LogP contribution in [0.1, 0.15) is 53.9 Å². The third-order valence-electron chi connectivity index (χ3n) is 4.11. The number of carboxylic acids is 1. The number of ether oxygens (including phenoxy) is 1. The average molecular weight is 314 g/mol. The van der Waals surface area contributed by atoms with Crippen molar-refractivity contribution in [3.05, 3.63) is 0 Å². The molecule has 2 N–H and O–H groups in total. The van der Waals surface area contributed by atoms with Crippen LogP contribution in [-0.4, -0.2) is 52.8 Å². The summed E-state index contributed by atoms with van der Waals surface area (Å²) >= 11 is 0. The number of likely N-dealkylation sites (tertiary alicyclic amines) is 1. The van der Waals surface area contributed by atoms with E-state index >= 15 is 0 Å². The summed E-state index contributed by atoms with van der Waals surface area (Å²) < 4.78 is 5.32. The van der Waals surface area contributed by atoms with Gasteiger partial charge in [0.2, 0.25) is 0 Å². The van der Waals surface area contributed by atoms with Crippen molar-refractivity contribution in [3.63, 3.8) is 0 Å². The molecule has 1 rings (SSSR count). The second kappa shape index (κ2) is 7.81. The number of nitrogens with zero attached hydrogens (tertiary/aromatic N) is 1. The van der Waals surface area contributed by atoms with Crippen molar-refractivity contribution in [3.8, 4) is 0 Å². The molecule has 0 aromatic heterocycles. The maximum Gasteiger partial charge on any atom is 0.407 e. The SMILES string of the molecule is CC[C@H](C)[C@@H](CN1CCC[C@H]1C(=O)O)NC(=O)OC(C)(C)C. The summed E-state index contributed by atoms with van der Waals surface area (Å²) in [6.45, 7) is 10.9. The molecular formula is C16H30N2O4. The highest BCUT2D eigenvalue weighted by Gasteiger charge is 2.33. The molecule has 0 spiro atoms. The molecule has 6 heteroatoms. The van der Waals surface area contributed by atoms with Gasteiger partial charge < -0.3 is 15.2 Å². The first kappa shape index (κ1) is 18.7. The molecule has 1 amide bonds. The largest absolute Gasteiger partial charge is 0.480 e. The molecule has 0 bridgehead atoms. The van der Waals surface area contributed by atoms with E-state index in [1.165, 1.54) is 0 Å². The van der Waals surface area contributed by atoms with Crippen molar-refractivity contribution in [2.24, 2.45) is 5.92 Å². The number of alkyl carbamates (subject to hydrolysis) is 1. The Bertz CT molecular complexity index is 392. The summed E-state index contributed by atoms with van der Waals surface area (Å²) in [4.78, 5) is 25.3. The van der Waals surface area contributed by atoms with Crippen LogP contribution < -0.4 is 5.32 Å². The van der Waals surface area contributed by atoms with Crippen molar-refractivity contribution >= 4 is 12.1 Å². The van der Waals surface area contributed by atoms with Crippen molar-refractivity contribution in [2.45, 2.75) is 71.6 Å². The zero-order valence-electron chi connectivity index (χ0n) is 14.4. The fraction of sp³-hybridized carbons (Fsp3) is 0.875. The van der Waals surface area contributed by atoms with Crippen LogP contribution in [0.15, 0.2) is 0 Å². The first-order chi connectivity index (χ1) is 10.1. The number of hydrogen-bond acceptors (Lipinski definition) is 4. The van der Waals surface area contributed by atoms with Crippen LogP contribution in [0.25, 0.3) is 0 Å². The minimum absolute atomic E-state index is 0.111. The summed E-state index contributed by atoms with van der Waals surface area (Å²) in [6.07, 6.45) is 2.03. The number of amides is 1. The lowest BCUT2D eigenvalue weighted by Crippen LogP contribution is -2.50. The Morgan fingerprint density at radius 2 is 2.05 bits per heavy atom. The molecule has 0 radical (unpaired) electrons. The molecule has 0 saturated carbocycles. The highest BCUT2D eigenvalue weighted by atomic mass is 16.6. The number of aliphatic carboxylic acids is 1. The van der Waals surface area contributed by atoms with Gasteiger partial charge >= 0.3 is 12.1 Å². The Morgan fingerprint density at radius 1 is 1.41 bits per heavy atom. The van der Waals surface area contributed by atoms with Crippen molar-refractivity contribution < 1.29 is 19.4 Å². The fourth-order valence-electron chi connectivity index (χ4n) is 2.69. The second-order valence-corrected chi connectivity index (χ2v) is 7.13. The normalized spacial score (nSPS) is 22.1. The molecule has 22 heavy (non-hydrogen) atoms. The van der Waals surface area contributed by atoms with Gasteiger partial charge in [0.25, 0.3) is 0 Å². The standard InChI is InChI=1S/C16H30N2O4/c1-6-11(2)12(17-15(21)22-16(3,4)5)10-18-9-7-8-13(18)14(19)20/h11-13H,6-10H2,1-5H3,(H,17,21)(H,19,20)/t11-,12+,13-/m0/s1. The maximum absolute atomic E-state index is 12.0. The predicted octanol–water partition coefficient (Wildman–Crippen LogP) is 2.47. The maximum atomic E-state index is 12.0. The summed E-state index contributed by atoms with van der Waals surface area (Å²) in [5.74, 6) is -0.528. The van der Waals surface area contributed by atoms with E-state index in [2.05, 4.69) is 19.2 Å². The number of nitrogens with one attached hydrogen (secondary N) is 1. The van der Waals surface area contributed by atoms with Crippen LogP contribution in [-0.2, 0) is 9.53 Å². The predicted molar refractivity (Wildman–Crippen MR) is 84.8 cm³/mol. The van der Waals surface area contributed by atoms with Gasteiger partial charge in [0.05, 0.1) is 0 Å². The van der Waals surface area contributed by atoms with E-state index in [1.54, 1.807) is 0 Å².